The molecule has 0 bridgehead atoms. The molecule has 1 aliphatic carbocycles. The summed E-state index contributed by atoms with van der Waals surface area (Å²) >= 11 is 6.29. The van der Waals surface area contributed by atoms with Crippen molar-refractivity contribution in [3.63, 3.8) is 0 Å². The van der Waals surface area contributed by atoms with Crippen molar-refractivity contribution >= 4 is 28.8 Å². The van der Waals surface area contributed by atoms with Gasteiger partial charge < -0.3 is 10.6 Å². The smallest absolute Gasteiger partial charge is 0.163 e. The molecule has 30 heavy (non-hydrogen) atoms. The first kappa shape index (κ1) is 19.0. The first-order chi connectivity index (χ1) is 14.6. The van der Waals surface area contributed by atoms with Gasteiger partial charge in [0.1, 0.15) is 0 Å². The van der Waals surface area contributed by atoms with E-state index < -0.39 is 0 Å². The van der Waals surface area contributed by atoms with Gasteiger partial charge in [0.05, 0.1) is 17.4 Å². The number of ketones is 1. The Bertz CT molecular complexity index is 1150. The lowest BCUT2D eigenvalue weighted by Gasteiger charge is -2.30. The van der Waals surface area contributed by atoms with Gasteiger partial charge in [-0.3, -0.25) is 4.79 Å². The third kappa shape index (κ3) is 3.50. The molecule has 3 aromatic carbocycles. The van der Waals surface area contributed by atoms with Crippen molar-refractivity contribution < 1.29 is 4.79 Å². The number of rotatable bonds is 2. The van der Waals surface area contributed by atoms with E-state index in [2.05, 4.69) is 41.8 Å². The van der Waals surface area contributed by atoms with Crippen molar-refractivity contribution in [1.29, 1.82) is 0 Å². The highest BCUT2D eigenvalue weighted by molar-refractivity contribution is 6.30. The largest absolute Gasteiger partial charge is 0.372 e. The summed E-state index contributed by atoms with van der Waals surface area (Å²) in [7, 11) is 0. The molecule has 0 saturated carbocycles. The Kier molecular flexibility index (Phi) is 4.84. The number of Topliss-reactive ketones (excluding diaryl/α,β-unsaturated/α-hetero) is 1. The maximum absolute atomic E-state index is 13.5. The molecule has 0 spiro atoms. The van der Waals surface area contributed by atoms with E-state index in [9.17, 15) is 4.79 Å². The Morgan fingerprint density at radius 3 is 2.40 bits per heavy atom. The average Bonchev–Trinajstić information content (AvgIpc) is 2.91. The first-order valence-corrected chi connectivity index (χ1v) is 10.7. The maximum Gasteiger partial charge on any atom is 0.163 e. The molecule has 0 aromatic heterocycles. The fourth-order valence-electron chi connectivity index (χ4n) is 4.50. The van der Waals surface area contributed by atoms with Crippen LogP contribution >= 0.6 is 11.6 Å². The molecule has 3 aromatic rings. The van der Waals surface area contributed by atoms with E-state index in [0.717, 1.165) is 34.6 Å². The highest BCUT2D eigenvalue weighted by atomic mass is 35.5. The Hall–Kier alpha value is -3.04. The lowest BCUT2D eigenvalue weighted by atomic mass is 9.78. The van der Waals surface area contributed by atoms with Crippen molar-refractivity contribution in [2.75, 3.05) is 10.6 Å². The van der Waals surface area contributed by atoms with E-state index >= 15 is 0 Å². The summed E-state index contributed by atoms with van der Waals surface area (Å²) in [5.74, 6) is 0.356. The molecule has 0 fully saturated rings. The number of para-hydroxylation sites is 2. The number of nitrogens with one attached hydrogen (secondary N) is 2. The number of allylic oxidation sites excluding steroid dienone is 1. The van der Waals surface area contributed by atoms with E-state index in [-0.39, 0.29) is 17.7 Å². The average molecular weight is 415 g/mol. The zero-order chi connectivity index (χ0) is 20.7. The van der Waals surface area contributed by atoms with Gasteiger partial charge in [-0.15, -0.1) is 0 Å². The van der Waals surface area contributed by atoms with Gasteiger partial charge in [-0.25, -0.2) is 0 Å². The number of hydrogen-bond acceptors (Lipinski definition) is 3. The van der Waals surface area contributed by atoms with E-state index in [1.807, 2.05) is 48.5 Å². The van der Waals surface area contributed by atoms with Crippen molar-refractivity contribution in [2.45, 2.75) is 31.7 Å². The van der Waals surface area contributed by atoms with E-state index in [1.54, 1.807) is 0 Å². The first-order valence-electron chi connectivity index (χ1n) is 10.3. The summed E-state index contributed by atoms with van der Waals surface area (Å²) in [6.45, 7) is 2.08. The van der Waals surface area contributed by atoms with Gasteiger partial charge in [-0.05, 0) is 54.7 Å². The fraction of sp³-hybridized carbons (Fsp3) is 0.192. The Morgan fingerprint density at radius 2 is 1.63 bits per heavy atom. The number of fused-ring (bicyclic) bond motifs is 1. The highest BCUT2D eigenvalue weighted by Gasteiger charge is 2.36. The topological polar surface area (TPSA) is 41.1 Å². The number of halogens is 1. The number of anilines is 2. The molecule has 2 N–H and O–H groups in total. The van der Waals surface area contributed by atoms with Crippen LogP contribution in [0.2, 0.25) is 5.02 Å². The molecule has 3 nitrogen and oxygen atoms in total. The minimum Gasteiger partial charge on any atom is -0.372 e. The van der Waals surface area contributed by atoms with E-state index in [0.29, 0.717) is 11.4 Å². The summed E-state index contributed by atoms with van der Waals surface area (Å²) in [4.78, 5) is 13.5. The minimum absolute atomic E-state index is 0.176. The van der Waals surface area contributed by atoms with Crippen LogP contribution in [0.1, 0.15) is 41.5 Å². The van der Waals surface area contributed by atoms with Gasteiger partial charge in [0.15, 0.2) is 5.78 Å². The summed E-state index contributed by atoms with van der Waals surface area (Å²) in [5.41, 5.74) is 7.23. The molecule has 0 unspecified atom stereocenters. The van der Waals surface area contributed by atoms with Gasteiger partial charge in [-0.2, -0.15) is 0 Å². The van der Waals surface area contributed by atoms with Crippen LogP contribution in [0.25, 0.3) is 0 Å². The van der Waals surface area contributed by atoms with Crippen molar-refractivity contribution in [1.82, 2.24) is 0 Å². The highest BCUT2D eigenvalue weighted by Crippen LogP contribution is 2.44. The molecule has 2 atom stereocenters. The van der Waals surface area contributed by atoms with Crippen LogP contribution in [-0.4, -0.2) is 5.78 Å². The van der Waals surface area contributed by atoms with Gasteiger partial charge in [0.2, 0.25) is 0 Å². The summed E-state index contributed by atoms with van der Waals surface area (Å²) in [6.07, 6.45) is 1.32. The second kappa shape index (κ2) is 7.66. The third-order valence-electron chi connectivity index (χ3n) is 6.04. The quantitative estimate of drug-likeness (QED) is 0.494. The minimum atomic E-state index is -0.235. The predicted molar refractivity (Wildman–Crippen MR) is 123 cm³/mol. The molecule has 0 amide bonds. The monoisotopic (exact) mass is 414 g/mol. The van der Waals surface area contributed by atoms with Crippen LogP contribution in [0.5, 0.6) is 0 Å². The summed E-state index contributed by atoms with van der Waals surface area (Å²) in [6, 6.07) is 24.2. The predicted octanol–water partition coefficient (Wildman–Crippen LogP) is 6.63. The van der Waals surface area contributed by atoms with Crippen LogP contribution in [0.15, 0.2) is 84.1 Å². The van der Waals surface area contributed by atoms with Gasteiger partial charge in [0, 0.05) is 22.7 Å². The van der Waals surface area contributed by atoms with Crippen LogP contribution in [0.4, 0.5) is 11.4 Å². The molecule has 4 heteroatoms. The van der Waals surface area contributed by atoms with Crippen LogP contribution < -0.4 is 10.6 Å². The van der Waals surface area contributed by atoms with E-state index in [4.69, 9.17) is 11.6 Å². The third-order valence-corrected chi connectivity index (χ3v) is 6.27. The second-order valence-corrected chi connectivity index (χ2v) is 8.57. The summed E-state index contributed by atoms with van der Waals surface area (Å²) in [5, 5.41) is 7.84. The van der Waals surface area contributed by atoms with Crippen LogP contribution in [0, 0.1) is 6.92 Å². The number of hydrogen-bond donors (Lipinski definition) is 2. The maximum atomic E-state index is 13.5. The van der Waals surface area contributed by atoms with Crippen LogP contribution in [0.3, 0.4) is 0 Å². The molecule has 0 radical (unpaired) electrons. The molecule has 5 rings (SSSR count). The Labute approximate surface area is 181 Å². The normalized spacial score (nSPS) is 20.5. The molecule has 150 valence electrons. The number of benzene rings is 3. The standard InChI is InChI=1S/C26H23ClN2O/c1-16-9-11-17(12-10-16)19-14-23-25(24(30)15-19)26(18-5-4-6-20(27)13-18)29-22-8-3-2-7-21(22)28-23/h2-13,19,26,28-29H,14-15H2,1H3/t19-,26+/m1/s1. The van der Waals surface area contributed by atoms with Crippen LogP contribution in [-0.2, 0) is 4.79 Å². The Balaban J connectivity index is 1.61. The van der Waals surface area contributed by atoms with Gasteiger partial charge >= 0.3 is 0 Å². The number of carbonyl (C=O) groups excluding carboxylic acids is 1. The molecule has 2 aliphatic rings. The molecule has 1 aliphatic heterocycles. The molecular formula is C26H23ClN2O. The Morgan fingerprint density at radius 1 is 0.867 bits per heavy atom. The SMILES string of the molecule is Cc1ccc([C@H]2CC(=O)C3=C(C2)Nc2ccccc2N[C@H]3c2cccc(Cl)c2)cc1. The number of aryl methyl sites for hydroxylation is 1. The molecule has 0 saturated heterocycles. The second-order valence-electron chi connectivity index (χ2n) is 8.13. The summed E-state index contributed by atoms with van der Waals surface area (Å²) < 4.78 is 0. The van der Waals surface area contributed by atoms with Crippen molar-refractivity contribution in [2.24, 2.45) is 0 Å². The lowest BCUT2D eigenvalue weighted by molar-refractivity contribution is -0.116. The molecular weight excluding hydrogens is 392 g/mol. The van der Waals surface area contributed by atoms with E-state index in [1.165, 1.54) is 11.1 Å². The van der Waals surface area contributed by atoms with Crippen molar-refractivity contribution in [3.05, 3.63) is 106 Å². The number of carbonyl (C=O) groups is 1. The zero-order valence-corrected chi connectivity index (χ0v) is 17.5. The molecule has 1 heterocycles. The lowest BCUT2D eigenvalue weighted by Crippen LogP contribution is -2.26. The van der Waals surface area contributed by atoms with Gasteiger partial charge in [0.25, 0.3) is 0 Å². The van der Waals surface area contributed by atoms with Gasteiger partial charge in [-0.1, -0.05) is 65.7 Å². The fourth-order valence-corrected chi connectivity index (χ4v) is 4.70. The zero-order valence-electron chi connectivity index (χ0n) is 16.8. The van der Waals surface area contributed by atoms with Crippen molar-refractivity contribution in [3.8, 4) is 0 Å².